The number of hydrogen-bond acceptors (Lipinski definition) is 1. The fourth-order valence-electron chi connectivity index (χ4n) is 2.80. The van der Waals surface area contributed by atoms with Crippen molar-refractivity contribution in [2.24, 2.45) is 5.73 Å². The summed E-state index contributed by atoms with van der Waals surface area (Å²) in [5, 5.41) is 3.38. The number of alkyl halides is 3. The van der Waals surface area contributed by atoms with Crippen LogP contribution in [-0.4, -0.2) is 6.18 Å². The molecule has 0 amide bonds. The van der Waals surface area contributed by atoms with Crippen LogP contribution >= 0.6 is 12.4 Å². The summed E-state index contributed by atoms with van der Waals surface area (Å²) in [6, 6.07) is 15.7. The van der Waals surface area contributed by atoms with Gasteiger partial charge in [0.25, 0.3) is 0 Å². The SMILES string of the molecule is Cl.N[C@H](CC(F)(F)F)c1c2ccccc2cc2ccccc12. The molecule has 0 aliphatic rings. The smallest absolute Gasteiger partial charge is 0.324 e. The van der Waals surface area contributed by atoms with Crippen molar-refractivity contribution in [2.75, 3.05) is 0 Å². The molecule has 0 saturated carbocycles. The summed E-state index contributed by atoms with van der Waals surface area (Å²) in [6.07, 6.45) is -5.30. The maximum absolute atomic E-state index is 12.7. The Morgan fingerprint density at radius 3 is 1.77 bits per heavy atom. The molecule has 2 N–H and O–H groups in total. The highest BCUT2D eigenvalue weighted by atomic mass is 35.5. The van der Waals surface area contributed by atoms with E-state index in [0.717, 1.165) is 21.5 Å². The van der Waals surface area contributed by atoms with Crippen molar-refractivity contribution < 1.29 is 13.2 Å². The van der Waals surface area contributed by atoms with Crippen molar-refractivity contribution in [3.05, 3.63) is 60.2 Å². The number of benzene rings is 3. The van der Waals surface area contributed by atoms with Gasteiger partial charge in [-0.3, -0.25) is 0 Å². The molecular formula is C17H15ClF3N. The zero-order valence-electron chi connectivity index (χ0n) is 11.6. The Morgan fingerprint density at radius 2 is 1.32 bits per heavy atom. The van der Waals surface area contributed by atoms with E-state index in [2.05, 4.69) is 0 Å². The summed E-state index contributed by atoms with van der Waals surface area (Å²) in [7, 11) is 0. The molecule has 1 atom stereocenters. The van der Waals surface area contributed by atoms with Gasteiger partial charge in [-0.05, 0) is 33.2 Å². The Balaban J connectivity index is 0.00000176. The molecule has 0 spiro atoms. The van der Waals surface area contributed by atoms with Crippen LogP contribution in [0, 0.1) is 0 Å². The summed E-state index contributed by atoms with van der Waals surface area (Å²) in [4.78, 5) is 0. The molecule has 0 radical (unpaired) electrons. The summed E-state index contributed by atoms with van der Waals surface area (Å²) < 4.78 is 38.1. The molecule has 0 aliphatic carbocycles. The van der Waals surface area contributed by atoms with Crippen molar-refractivity contribution in [1.82, 2.24) is 0 Å². The lowest BCUT2D eigenvalue weighted by Crippen LogP contribution is -2.20. The molecule has 0 fully saturated rings. The Labute approximate surface area is 132 Å². The Kier molecular flexibility index (Phi) is 4.63. The predicted octanol–water partition coefficient (Wildman–Crippen LogP) is 5.37. The van der Waals surface area contributed by atoms with Gasteiger partial charge in [-0.15, -0.1) is 12.4 Å². The zero-order valence-corrected chi connectivity index (χ0v) is 12.4. The van der Waals surface area contributed by atoms with Crippen LogP contribution in [0.5, 0.6) is 0 Å². The number of halogens is 4. The highest BCUT2D eigenvalue weighted by molar-refractivity contribution is 6.02. The van der Waals surface area contributed by atoms with Gasteiger partial charge in [-0.2, -0.15) is 13.2 Å². The summed E-state index contributed by atoms with van der Waals surface area (Å²) >= 11 is 0. The molecule has 116 valence electrons. The molecular weight excluding hydrogens is 311 g/mol. The lowest BCUT2D eigenvalue weighted by Gasteiger charge is -2.19. The van der Waals surface area contributed by atoms with Gasteiger partial charge in [0.2, 0.25) is 0 Å². The minimum Gasteiger partial charge on any atom is -0.324 e. The van der Waals surface area contributed by atoms with E-state index in [1.807, 2.05) is 54.6 Å². The molecule has 3 aromatic rings. The quantitative estimate of drug-likeness (QED) is 0.630. The van der Waals surface area contributed by atoms with Crippen LogP contribution in [0.4, 0.5) is 13.2 Å². The second-order valence-electron chi connectivity index (χ2n) is 5.16. The van der Waals surface area contributed by atoms with Crippen molar-refractivity contribution in [1.29, 1.82) is 0 Å². The van der Waals surface area contributed by atoms with Crippen LogP contribution < -0.4 is 5.73 Å². The first-order valence-electron chi connectivity index (χ1n) is 6.68. The molecule has 3 rings (SSSR count). The van der Waals surface area contributed by atoms with Crippen molar-refractivity contribution in [3.8, 4) is 0 Å². The Hall–Kier alpha value is -1.78. The topological polar surface area (TPSA) is 26.0 Å². The molecule has 22 heavy (non-hydrogen) atoms. The van der Waals surface area contributed by atoms with Crippen LogP contribution in [0.1, 0.15) is 18.0 Å². The van der Waals surface area contributed by atoms with E-state index in [1.54, 1.807) is 0 Å². The van der Waals surface area contributed by atoms with E-state index in [-0.39, 0.29) is 12.4 Å². The highest BCUT2D eigenvalue weighted by Crippen LogP contribution is 2.36. The minimum atomic E-state index is -4.28. The van der Waals surface area contributed by atoms with E-state index < -0.39 is 18.6 Å². The number of nitrogens with two attached hydrogens (primary N) is 1. The average Bonchev–Trinajstić information content (AvgIpc) is 2.42. The van der Waals surface area contributed by atoms with Crippen molar-refractivity contribution >= 4 is 34.0 Å². The zero-order chi connectivity index (χ0) is 15.0. The van der Waals surface area contributed by atoms with E-state index in [1.165, 1.54) is 0 Å². The first-order valence-corrected chi connectivity index (χ1v) is 6.68. The van der Waals surface area contributed by atoms with Gasteiger partial charge >= 0.3 is 6.18 Å². The Morgan fingerprint density at radius 1 is 0.864 bits per heavy atom. The number of hydrogen-bond donors (Lipinski definition) is 1. The first kappa shape index (κ1) is 16.6. The van der Waals surface area contributed by atoms with Gasteiger partial charge < -0.3 is 5.73 Å². The van der Waals surface area contributed by atoms with Crippen LogP contribution in [0.3, 0.4) is 0 Å². The van der Waals surface area contributed by atoms with Gasteiger partial charge in [0.05, 0.1) is 6.42 Å². The Bertz CT molecular complexity index is 745. The number of fused-ring (bicyclic) bond motifs is 2. The minimum absolute atomic E-state index is 0. The second-order valence-corrected chi connectivity index (χ2v) is 5.16. The molecule has 0 aromatic heterocycles. The second kappa shape index (κ2) is 6.15. The largest absolute Gasteiger partial charge is 0.390 e. The molecule has 0 aliphatic heterocycles. The van der Waals surface area contributed by atoms with E-state index in [4.69, 9.17) is 5.73 Å². The average molecular weight is 326 g/mol. The fraction of sp³-hybridized carbons (Fsp3) is 0.176. The van der Waals surface area contributed by atoms with Crippen LogP contribution in [0.15, 0.2) is 54.6 Å². The standard InChI is InChI=1S/C17H14F3N.ClH/c18-17(19,20)10-15(21)16-13-7-3-1-5-11(13)9-12-6-2-4-8-14(12)16;/h1-9,15H,10,21H2;1H/t15-;/m1./s1. The maximum atomic E-state index is 12.7. The normalized spacial score (nSPS) is 13.1. The number of rotatable bonds is 2. The van der Waals surface area contributed by atoms with Crippen molar-refractivity contribution in [2.45, 2.75) is 18.6 Å². The first-order chi connectivity index (χ1) is 9.96. The van der Waals surface area contributed by atoms with Crippen LogP contribution in [0.2, 0.25) is 0 Å². The third kappa shape index (κ3) is 3.18. The van der Waals surface area contributed by atoms with Gasteiger partial charge in [-0.25, -0.2) is 0 Å². The highest BCUT2D eigenvalue weighted by Gasteiger charge is 2.32. The van der Waals surface area contributed by atoms with E-state index >= 15 is 0 Å². The molecule has 5 heteroatoms. The lowest BCUT2D eigenvalue weighted by atomic mass is 9.91. The predicted molar refractivity (Wildman–Crippen MR) is 86.3 cm³/mol. The van der Waals surface area contributed by atoms with Crippen LogP contribution in [0.25, 0.3) is 21.5 Å². The van der Waals surface area contributed by atoms with Gasteiger partial charge in [-0.1, -0.05) is 48.5 Å². The summed E-state index contributed by atoms with van der Waals surface area (Å²) in [6.45, 7) is 0. The van der Waals surface area contributed by atoms with Crippen LogP contribution in [-0.2, 0) is 0 Å². The van der Waals surface area contributed by atoms with Gasteiger partial charge in [0.15, 0.2) is 0 Å². The molecule has 0 bridgehead atoms. The molecule has 0 saturated heterocycles. The lowest BCUT2D eigenvalue weighted by molar-refractivity contribution is -0.138. The molecule has 1 nitrogen and oxygen atoms in total. The maximum Gasteiger partial charge on any atom is 0.390 e. The van der Waals surface area contributed by atoms with E-state index in [0.29, 0.717) is 5.56 Å². The van der Waals surface area contributed by atoms with Gasteiger partial charge in [0.1, 0.15) is 0 Å². The summed E-state index contributed by atoms with van der Waals surface area (Å²) in [5.41, 5.74) is 6.46. The van der Waals surface area contributed by atoms with E-state index in [9.17, 15) is 13.2 Å². The summed E-state index contributed by atoms with van der Waals surface area (Å²) in [5.74, 6) is 0. The molecule has 3 aromatic carbocycles. The molecule has 0 heterocycles. The van der Waals surface area contributed by atoms with Crippen molar-refractivity contribution in [3.63, 3.8) is 0 Å². The van der Waals surface area contributed by atoms with Gasteiger partial charge in [0, 0.05) is 6.04 Å². The third-order valence-corrected chi connectivity index (χ3v) is 3.64. The molecule has 0 unspecified atom stereocenters. The fourth-order valence-corrected chi connectivity index (χ4v) is 2.80. The monoisotopic (exact) mass is 325 g/mol. The third-order valence-electron chi connectivity index (χ3n) is 3.64.